The van der Waals surface area contributed by atoms with Crippen molar-refractivity contribution < 1.29 is 32.6 Å². The molecule has 1 unspecified atom stereocenters. The predicted molar refractivity (Wildman–Crippen MR) is 61.8 cm³/mol. The van der Waals surface area contributed by atoms with Crippen molar-refractivity contribution in [3.05, 3.63) is 35.4 Å². The van der Waals surface area contributed by atoms with Gasteiger partial charge in [-0.15, -0.1) is 0 Å². The van der Waals surface area contributed by atoms with Crippen molar-refractivity contribution in [2.24, 2.45) is 0 Å². The van der Waals surface area contributed by atoms with E-state index in [9.17, 15) is 27.9 Å². The molecule has 20 heavy (non-hydrogen) atoms. The Labute approximate surface area is 112 Å². The van der Waals surface area contributed by atoms with Gasteiger partial charge in [0.2, 0.25) is 0 Å². The number of aliphatic hydroxyl groups is 1. The fraction of sp³-hybridized carbons (Fsp3) is 0.333. The largest absolute Gasteiger partial charge is 0.467 e. The molecule has 0 aliphatic heterocycles. The van der Waals surface area contributed by atoms with Crippen molar-refractivity contribution in [1.29, 1.82) is 0 Å². The summed E-state index contributed by atoms with van der Waals surface area (Å²) in [5.74, 6) is -1.78. The number of halogens is 3. The van der Waals surface area contributed by atoms with Crippen molar-refractivity contribution in [3.63, 3.8) is 0 Å². The van der Waals surface area contributed by atoms with Gasteiger partial charge in [0, 0.05) is 5.56 Å². The third-order valence-electron chi connectivity index (χ3n) is 2.38. The summed E-state index contributed by atoms with van der Waals surface area (Å²) in [4.78, 5) is 22.5. The van der Waals surface area contributed by atoms with Gasteiger partial charge in [0.15, 0.2) is 6.10 Å². The Hall–Kier alpha value is -2.09. The zero-order chi connectivity index (χ0) is 15.3. The quantitative estimate of drug-likeness (QED) is 0.811. The Kier molecular flexibility index (Phi) is 5.09. The molecule has 0 saturated carbocycles. The summed E-state index contributed by atoms with van der Waals surface area (Å²) in [6.45, 7) is -0.457. The minimum atomic E-state index is -4.55. The number of esters is 1. The maximum atomic E-state index is 12.5. The van der Waals surface area contributed by atoms with E-state index in [1.54, 1.807) is 0 Å². The Morgan fingerprint density at radius 2 is 2.05 bits per heavy atom. The molecule has 1 amide bonds. The molecule has 0 aliphatic rings. The molecular weight excluding hydrogens is 279 g/mol. The van der Waals surface area contributed by atoms with Crippen molar-refractivity contribution >= 4 is 11.9 Å². The van der Waals surface area contributed by atoms with Gasteiger partial charge >= 0.3 is 12.1 Å². The van der Waals surface area contributed by atoms with Gasteiger partial charge in [0.1, 0.15) is 0 Å². The van der Waals surface area contributed by atoms with Crippen LogP contribution in [-0.4, -0.2) is 36.7 Å². The van der Waals surface area contributed by atoms with Crippen LogP contribution >= 0.6 is 0 Å². The van der Waals surface area contributed by atoms with Crippen molar-refractivity contribution in [1.82, 2.24) is 5.32 Å². The average Bonchev–Trinajstić information content (AvgIpc) is 2.42. The summed E-state index contributed by atoms with van der Waals surface area (Å²) in [7, 11) is 1.06. The maximum Gasteiger partial charge on any atom is 0.416 e. The van der Waals surface area contributed by atoms with Gasteiger partial charge in [-0.2, -0.15) is 13.2 Å². The Morgan fingerprint density at radius 1 is 1.40 bits per heavy atom. The molecule has 0 fully saturated rings. The Morgan fingerprint density at radius 3 is 2.60 bits per heavy atom. The molecular formula is C12H12F3NO4. The van der Waals surface area contributed by atoms with Crippen LogP contribution in [0.3, 0.4) is 0 Å². The number of benzene rings is 1. The first-order chi connectivity index (χ1) is 9.25. The first-order valence-corrected chi connectivity index (χ1v) is 5.47. The SMILES string of the molecule is COC(=O)C(O)CNC(=O)c1cccc(C(F)(F)F)c1. The molecule has 8 heteroatoms. The van der Waals surface area contributed by atoms with Crippen LogP contribution < -0.4 is 5.32 Å². The van der Waals surface area contributed by atoms with Crippen molar-refractivity contribution in [2.45, 2.75) is 12.3 Å². The van der Waals surface area contributed by atoms with Gasteiger partial charge < -0.3 is 15.2 Å². The van der Waals surface area contributed by atoms with Crippen LogP contribution in [-0.2, 0) is 15.7 Å². The standard InChI is InChI=1S/C12H12F3NO4/c1-20-11(19)9(17)6-16-10(18)7-3-2-4-8(5-7)12(13,14)15/h2-5,9,17H,6H2,1H3,(H,16,18). The summed E-state index contributed by atoms with van der Waals surface area (Å²) in [6, 6.07) is 3.80. The summed E-state index contributed by atoms with van der Waals surface area (Å²) in [5, 5.41) is 11.4. The number of alkyl halides is 3. The second-order valence-corrected chi connectivity index (χ2v) is 3.83. The van der Waals surface area contributed by atoms with Crippen LogP contribution in [0.15, 0.2) is 24.3 Å². The van der Waals surface area contributed by atoms with E-state index in [1.165, 1.54) is 6.07 Å². The highest BCUT2D eigenvalue weighted by Gasteiger charge is 2.30. The lowest BCUT2D eigenvalue weighted by Gasteiger charge is -2.11. The van der Waals surface area contributed by atoms with Gasteiger partial charge in [0.25, 0.3) is 5.91 Å². The topological polar surface area (TPSA) is 75.6 Å². The lowest BCUT2D eigenvalue weighted by Crippen LogP contribution is -2.37. The molecule has 1 aromatic carbocycles. The number of rotatable bonds is 4. The summed E-state index contributed by atoms with van der Waals surface area (Å²) >= 11 is 0. The number of hydrogen-bond acceptors (Lipinski definition) is 4. The summed E-state index contributed by atoms with van der Waals surface area (Å²) in [6.07, 6.45) is -6.13. The van der Waals surface area contributed by atoms with Crippen LogP contribution in [0.25, 0.3) is 0 Å². The Bertz CT molecular complexity index is 502. The van der Waals surface area contributed by atoms with E-state index >= 15 is 0 Å². The number of hydrogen-bond donors (Lipinski definition) is 2. The van der Waals surface area contributed by atoms with Crippen LogP contribution in [0.4, 0.5) is 13.2 Å². The second kappa shape index (κ2) is 6.38. The highest BCUT2D eigenvalue weighted by molar-refractivity contribution is 5.94. The van der Waals surface area contributed by atoms with Crippen LogP contribution in [0.1, 0.15) is 15.9 Å². The number of nitrogens with one attached hydrogen (secondary N) is 1. The number of ether oxygens (including phenoxy) is 1. The molecule has 110 valence electrons. The highest BCUT2D eigenvalue weighted by Crippen LogP contribution is 2.29. The van der Waals surface area contributed by atoms with Gasteiger partial charge in [-0.25, -0.2) is 4.79 Å². The molecule has 0 radical (unpaired) electrons. The monoisotopic (exact) mass is 291 g/mol. The van der Waals surface area contributed by atoms with E-state index in [1.807, 2.05) is 0 Å². The zero-order valence-electron chi connectivity index (χ0n) is 10.4. The van der Waals surface area contributed by atoms with E-state index < -0.39 is 36.3 Å². The third-order valence-corrected chi connectivity index (χ3v) is 2.38. The lowest BCUT2D eigenvalue weighted by atomic mass is 10.1. The second-order valence-electron chi connectivity index (χ2n) is 3.83. The number of carbonyl (C=O) groups is 2. The van der Waals surface area contributed by atoms with Crippen molar-refractivity contribution in [3.8, 4) is 0 Å². The minimum Gasteiger partial charge on any atom is -0.467 e. The lowest BCUT2D eigenvalue weighted by molar-refractivity contribution is -0.149. The van der Waals surface area contributed by atoms with Gasteiger partial charge in [-0.3, -0.25) is 4.79 Å². The first-order valence-electron chi connectivity index (χ1n) is 5.47. The van der Waals surface area contributed by atoms with Gasteiger partial charge in [0.05, 0.1) is 19.2 Å². The van der Waals surface area contributed by atoms with E-state index in [4.69, 9.17) is 0 Å². The smallest absolute Gasteiger partial charge is 0.416 e. The maximum absolute atomic E-state index is 12.5. The zero-order valence-corrected chi connectivity index (χ0v) is 10.4. The van der Waals surface area contributed by atoms with Gasteiger partial charge in [-0.1, -0.05) is 6.07 Å². The Balaban J connectivity index is 2.71. The number of methoxy groups -OCH3 is 1. The fourth-order valence-corrected chi connectivity index (χ4v) is 1.35. The minimum absolute atomic E-state index is 0.225. The molecule has 0 saturated heterocycles. The van der Waals surface area contributed by atoms with Crippen molar-refractivity contribution in [2.75, 3.05) is 13.7 Å². The average molecular weight is 291 g/mol. The molecule has 0 heterocycles. The van der Waals surface area contributed by atoms with Gasteiger partial charge in [-0.05, 0) is 18.2 Å². The number of aliphatic hydroxyl groups excluding tert-OH is 1. The van der Waals surface area contributed by atoms with Crippen LogP contribution in [0.5, 0.6) is 0 Å². The van der Waals surface area contributed by atoms with E-state index in [2.05, 4.69) is 10.1 Å². The molecule has 1 rings (SSSR count). The molecule has 0 aromatic heterocycles. The molecule has 5 nitrogen and oxygen atoms in total. The summed E-state index contributed by atoms with van der Waals surface area (Å²) < 4.78 is 41.6. The highest BCUT2D eigenvalue weighted by atomic mass is 19.4. The van der Waals surface area contributed by atoms with Crippen LogP contribution in [0.2, 0.25) is 0 Å². The number of carbonyl (C=O) groups excluding carboxylic acids is 2. The first kappa shape index (κ1) is 16.0. The molecule has 1 aromatic rings. The predicted octanol–water partition coefficient (Wildman–Crippen LogP) is 0.969. The molecule has 2 N–H and O–H groups in total. The van der Waals surface area contributed by atoms with E-state index in [-0.39, 0.29) is 5.56 Å². The number of amides is 1. The normalized spacial score (nSPS) is 12.7. The van der Waals surface area contributed by atoms with Crippen LogP contribution in [0, 0.1) is 0 Å². The fourth-order valence-electron chi connectivity index (χ4n) is 1.35. The molecule has 0 bridgehead atoms. The molecule has 1 atom stereocenters. The molecule has 0 aliphatic carbocycles. The summed E-state index contributed by atoms with van der Waals surface area (Å²) in [5.41, 5.74) is -1.18. The third kappa shape index (κ3) is 4.23. The van der Waals surface area contributed by atoms with E-state index in [0.717, 1.165) is 19.2 Å². The molecule has 0 spiro atoms. The van der Waals surface area contributed by atoms with E-state index in [0.29, 0.717) is 6.07 Å².